The number of carbonyl (C=O) groups is 1. The van der Waals surface area contributed by atoms with Crippen molar-refractivity contribution in [3.63, 3.8) is 0 Å². The van der Waals surface area contributed by atoms with Crippen LogP contribution in [0.2, 0.25) is 0 Å². The van der Waals surface area contributed by atoms with Crippen LogP contribution in [0, 0.1) is 0 Å². The van der Waals surface area contributed by atoms with E-state index in [1.54, 1.807) is 26.0 Å². The van der Waals surface area contributed by atoms with Crippen molar-refractivity contribution in [2.24, 2.45) is 0 Å². The van der Waals surface area contributed by atoms with Crippen LogP contribution in [-0.4, -0.2) is 36.7 Å². The van der Waals surface area contributed by atoms with E-state index in [-0.39, 0.29) is 16.3 Å². The lowest BCUT2D eigenvalue weighted by Gasteiger charge is -2.16. The molecule has 0 saturated carbocycles. The molecule has 0 aliphatic heterocycles. The molecule has 0 spiro atoms. The van der Waals surface area contributed by atoms with Gasteiger partial charge in [-0.15, -0.1) is 11.3 Å². The van der Waals surface area contributed by atoms with E-state index in [4.69, 9.17) is 0 Å². The molecule has 0 aliphatic carbocycles. The van der Waals surface area contributed by atoms with E-state index in [0.29, 0.717) is 18.0 Å². The van der Waals surface area contributed by atoms with E-state index in [1.165, 1.54) is 22.6 Å². The number of thiophene rings is 1. The first-order valence-corrected chi connectivity index (χ1v) is 9.70. The fourth-order valence-corrected chi connectivity index (χ4v) is 5.05. The fraction of sp³-hybridized carbons (Fsp3) is 0.333. The summed E-state index contributed by atoms with van der Waals surface area (Å²) in [5.74, 6) is -0.501. The molecular formula is C15H19N3O4S2. The number of hydrogen-bond donors (Lipinski definition) is 2. The lowest BCUT2D eigenvalue weighted by molar-refractivity contribution is 0.0949. The van der Waals surface area contributed by atoms with E-state index in [9.17, 15) is 18.0 Å². The Morgan fingerprint density at radius 2 is 1.96 bits per heavy atom. The van der Waals surface area contributed by atoms with Gasteiger partial charge in [-0.1, -0.05) is 13.8 Å². The highest BCUT2D eigenvalue weighted by Crippen LogP contribution is 2.24. The highest BCUT2D eigenvalue weighted by molar-refractivity contribution is 7.91. The Morgan fingerprint density at radius 3 is 2.58 bits per heavy atom. The second-order valence-electron chi connectivity index (χ2n) is 4.91. The molecule has 0 radical (unpaired) electrons. The van der Waals surface area contributed by atoms with Crippen molar-refractivity contribution in [1.82, 2.24) is 14.6 Å². The molecule has 130 valence electrons. The number of hydrogen-bond acceptors (Lipinski definition) is 5. The summed E-state index contributed by atoms with van der Waals surface area (Å²) in [6.45, 7) is 4.53. The van der Waals surface area contributed by atoms with Gasteiger partial charge in [0.25, 0.3) is 21.5 Å². The maximum atomic E-state index is 12.4. The van der Waals surface area contributed by atoms with Crippen molar-refractivity contribution in [2.75, 3.05) is 13.1 Å². The zero-order valence-electron chi connectivity index (χ0n) is 13.4. The molecule has 9 heteroatoms. The maximum Gasteiger partial charge on any atom is 0.260 e. The quantitative estimate of drug-likeness (QED) is 0.770. The molecule has 0 aromatic carbocycles. The predicted octanol–water partition coefficient (Wildman–Crippen LogP) is 1.40. The maximum absolute atomic E-state index is 12.4. The first-order valence-electron chi connectivity index (χ1n) is 7.45. The number of amides is 1. The van der Waals surface area contributed by atoms with Crippen LogP contribution in [-0.2, 0) is 16.6 Å². The molecule has 1 amide bonds. The Hall–Kier alpha value is -1.97. The first kappa shape index (κ1) is 18.4. The number of pyridine rings is 1. The first-order chi connectivity index (χ1) is 11.4. The van der Waals surface area contributed by atoms with Crippen LogP contribution in [0.5, 0.6) is 0 Å². The van der Waals surface area contributed by atoms with Crippen molar-refractivity contribution < 1.29 is 13.2 Å². The molecule has 2 rings (SSSR count). The smallest absolute Gasteiger partial charge is 0.260 e. The van der Waals surface area contributed by atoms with Gasteiger partial charge in [0.15, 0.2) is 0 Å². The SMILES string of the molecule is CCN(CC)S(=O)(=O)c1ccc(CNC(=O)c2ccc[nH]c2=O)s1. The molecule has 0 saturated heterocycles. The van der Waals surface area contributed by atoms with Crippen LogP contribution in [0.4, 0.5) is 0 Å². The monoisotopic (exact) mass is 369 g/mol. The number of H-pyrrole nitrogens is 1. The Bertz CT molecular complexity index is 867. The normalized spacial score (nSPS) is 11.6. The van der Waals surface area contributed by atoms with Gasteiger partial charge >= 0.3 is 0 Å². The van der Waals surface area contributed by atoms with Crippen LogP contribution >= 0.6 is 11.3 Å². The minimum absolute atomic E-state index is 0.0186. The fourth-order valence-electron chi connectivity index (χ4n) is 2.15. The Kier molecular flexibility index (Phi) is 5.92. The van der Waals surface area contributed by atoms with E-state index in [1.807, 2.05) is 0 Å². The molecule has 0 fully saturated rings. The van der Waals surface area contributed by atoms with Gasteiger partial charge in [0.1, 0.15) is 9.77 Å². The molecule has 0 bridgehead atoms. The molecule has 0 unspecified atom stereocenters. The molecule has 2 heterocycles. The van der Waals surface area contributed by atoms with Gasteiger partial charge < -0.3 is 10.3 Å². The van der Waals surface area contributed by atoms with E-state index < -0.39 is 21.5 Å². The summed E-state index contributed by atoms with van der Waals surface area (Å²) in [5.41, 5.74) is -0.448. The highest BCUT2D eigenvalue weighted by atomic mass is 32.2. The third kappa shape index (κ3) is 3.92. The van der Waals surface area contributed by atoms with E-state index >= 15 is 0 Å². The molecular weight excluding hydrogens is 350 g/mol. The summed E-state index contributed by atoms with van der Waals surface area (Å²) in [5, 5.41) is 2.62. The number of aromatic amines is 1. The topological polar surface area (TPSA) is 99.3 Å². The summed E-state index contributed by atoms with van der Waals surface area (Å²) < 4.78 is 26.5. The Morgan fingerprint density at radius 1 is 1.25 bits per heavy atom. The molecule has 0 aliphatic rings. The van der Waals surface area contributed by atoms with Gasteiger partial charge in [-0.05, 0) is 24.3 Å². The summed E-state index contributed by atoms with van der Waals surface area (Å²) in [4.78, 5) is 26.7. The van der Waals surface area contributed by atoms with Crippen molar-refractivity contribution in [1.29, 1.82) is 0 Å². The number of aromatic nitrogens is 1. The number of nitrogens with one attached hydrogen (secondary N) is 2. The average Bonchev–Trinajstić information content (AvgIpc) is 3.04. The lowest BCUT2D eigenvalue weighted by Crippen LogP contribution is -2.30. The molecule has 2 aromatic heterocycles. The van der Waals surface area contributed by atoms with Crippen LogP contribution in [0.1, 0.15) is 29.1 Å². The third-order valence-electron chi connectivity index (χ3n) is 3.42. The molecule has 7 nitrogen and oxygen atoms in total. The van der Waals surface area contributed by atoms with Gasteiger partial charge in [0.2, 0.25) is 0 Å². The van der Waals surface area contributed by atoms with Gasteiger partial charge in [-0.3, -0.25) is 9.59 Å². The summed E-state index contributed by atoms with van der Waals surface area (Å²) in [6.07, 6.45) is 1.45. The van der Waals surface area contributed by atoms with Crippen LogP contribution in [0.3, 0.4) is 0 Å². The predicted molar refractivity (Wildman–Crippen MR) is 92.7 cm³/mol. The second-order valence-corrected chi connectivity index (χ2v) is 8.24. The molecule has 2 N–H and O–H groups in total. The van der Waals surface area contributed by atoms with E-state index in [2.05, 4.69) is 10.3 Å². The highest BCUT2D eigenvalue weighted by Gasteiger charge is 2.23. The largest absolute Gasteiger partial charge is 0.347 e. The minimum atomic E-state index is -3.49. The van der Waals surface area contributed by atoms with Crippen LogP contribution < -0.4 is 10.9 Å². The van der Waals surface area contributed by atoms with Crippen LogP contribution in [0.25, 0.3) is 0 Å². The average molecular weight is 369 g/mol. The molecule has 24 heavy (non-hydrogen) atoms. The zero-order chi connectivity index (χ0) is 17.7. The number of carbonyl (C=O) groups excluding carboxylic acids is 1. The number of sulfonamides is 1. The summed E-state index contributed by atoms with van der Waals surface area (Å²) in [6, 6.07) is 6.20. The second kappa shape index (κ2) is 7.73. The number of rotatable bonds is 7. The Balaban J connectivity index is 2.08. The lowest BCUT2D eigenvalue weighted by atomic mass is 10.2. The number of nitrogens with zero attached hydrogens (tertiary/aromatic N) is 1. The van der Waals surface area contributed by atoms with Gasteiger partial charge in [-0.2, -0.15) is 4.31 Å². The molecule has 0 atom stereocenters. The van der Waals surface area contributed by atoms with Crippen LogP contribution in [0.15, 0.2) is 39.5 Å². The summed E-state index contributed by atoms with van der Waals surface area (Å²) in [7, 11) is -3.49. The van der Waals surface area contributed by atoms with Gasteiger partial charge in [0.05, 0.1) is 6.54 Å². The van der Waals surface area contributed by atoms with Crippen molar-refractivity contribution in [3.8, 4) is 0 Å². The minimum Gasteiger partial charge on any atom is -0.347 e. The van der Waals surface area contributed by atoms with Gasteiger partial charge in [-0.25, -0.2) is 8.42 Å². The third-order valence-corrected chi connectivity index (χ3v) is 7.03. The zero-order valence-corrected chi connectivity index (χ0v) is 15.0. The van der Waals surface area contributed by atoms with E-state index in [0.717, 1.165) is 11.3 Å². The molecule has 2 aromatic rings. The van der Waals surface area contributed by atoms with Crippen molar-refractivity contribution in [3.05, 3.63) is 51.3 Å². The van der Waals surface area contributed by atoms with Crippen molar-refractivity contribution in [2.45, 2.75) is 24.6 Å². The van der Waals surface area contributed by atoms with Gasteiger partial charge in [0, 0.05) is 24.2 Å². The Labute approximate surface area is 144 Å². The summed E-state index contributed by atoms with van der Waals surface area (Å²) >= 11 is 1.11. The van der Waals surface area contributed by atoms with Crippen molar-refractivity contribution >= 4 is 27.3 Å². The standard InChI is InChI=1S/C15H19N3O4S2/c1-3-18(4-2)24(21,22)13-8-7-11(23-13)10-17-15(20)12-6-5-9-16-14(12)19/h5-9H,3-4,10H2,1-2H3,(H,16,19)(H,17,20).